The van der Waals surface area contributed by atoms with Gasteiger partial charge in [-0.2, -0.15) is 0 Å². The summed E-state index contributed by atoms with van der Waals surface area (Å²) in [6.07, 6.45) is 2.57. The molecule has 4 aromatic heterocycles. The Balaban J connectivity index is 1.71. The van der Waals surface area contributed by atoms with Crippen molar-refractivity contribution < 1.29 is 0 Å². The molecule has 24 heavy (non-hydrogen) atoms. The third-order valence-corrected chi connectivity index (χ3v) is 5.91. The molecule has 4 aromatic rings. The number of anilines is 1. The summed E-state index contributed by atoms with van der Waals surface area (Å²) in [4.78, 5) is 32.6. The van der Waals surface area contributed by atoms with Gasteiger partial charge < -0.3 is 9.88 Å². The lowest BCUT2D eigenvalue weighted by atomic mass is 10.3. The Bertz CT molecular complexity index is 1080. The molecule has 6 nitrogen and oxygen atoms in total. The number of nitrogens with one attached hydrogen (secondary N) is 1. The molecule has 0 fully saturated rings. The number of aromatic amines is 1. The minimum Gasteiger partial charge on any atom is -0.352 e. The van der Waals surface area contributed by atoms with Gasteiger partial charge in [0.1, 0.15) is 27.5 Å². The van der Waals surface area contributed by atoms with Gasteiger partial charge in [0.15, 0.2) is 0 Å². The number of hydrogen-bond donors (Lipinski definition) is 1. The highest BCUT2D eigenvalue weighted by Crippen LogP contribution is 2.30. The second-order valence-electron chi connectivity index (χ2n) is 5.49. The van der Waals surface area contributed by atoms with Crippen molar-refractivity contribution in [3.05, 3.63) is 44.9 Å². The summed E-state index contributed by atoms with van der Waals surface area (Å²) < 4.78 is 0.663. The minimum atomic E-state index is -0.0879. The van der Waals surface area contributed by atoms with Crippen molar-refractivity contribution in [3.8, 4) is 0 Å². The van der Waals surface area contributed by atoms with Crippen LogP contribution in [0.5, 0.6) is 0 Å². The van der Waals surface area contributed by atoms with Crippen LogP contribution in [-0.4, -0.2) is 27.0 Å². The molecule has 0 saturated carbocycles. The van der Waals surface area contributed by atoms with Crippen LogP contribution < -0.4 is 10.5 Å². The fourth-order valence-corrected chi connectivity index (χ4v) is 4.32. The van der Waals surface area contributed by atoms with E-state index in [1.165, 1.54) is 16.2 Å². The maximum atomic E-state index is 12.1. The maximum absolute atomic E-state index is 12.1. The van der Waals surface area contributed by atoms with Crippen LogP contribution in [0.2, 0.25) is 0 Å². The van der Waals surface area contributed by atoms with E-state index in [0.717, 1.165) is 28.0 Å². The fourth-order valence-electron chi connectivity index (χ4n) is 2.67. The number of aryl methyl sites for hydroxylation is 1. The summed E-state index contributed by atoms with van der Waals surface area (Å²) in [6.45, 7) is 2.61. The molecule has 0 spiro atoms. The third kappa shape index (κ3) is 2.57. The van der Waals surface area contributed by atoms with Crippen LogP contribution in [0, 0.1) is 0 Å². The van der Waals surface area contributed by atoms with Crippen LogP contribution in [0.25, 0.3) is 20.4 Å². The van der Waals surface area contributed by atoms with Gasteiger partial charge in [-0.3, -0.25) is 4.79 Å². The Morgan fingerprint density at radius 2 is 2.21 bits per heavy atom. The number of nitrogens with zero attached hydrogens (tertiary/aromatic N) is 4. The van der Waals surface area contributed by atoms with Crippen LogP contribution in [-0.2, 0) is 13.0 Å². The number of fused-ring (bicyclic) bond motifs is 2. The van der Waals surface area contributed by atoms with Crippen LogP contribution in [0.4, 0.5) is 5.82 Å². The van der Waals surface area contributed by atoms with E-state index in [9.17, 15) is 4.79 Å². The quantitative estimate of drug-likeness (QED) is 0.607. The molecule has 122 valence electrons. The van der Waals surface area contributed by atoms with Gasteiger partial charge in [-0.25, -0.2) is 15.0 Å². The topological polar surface area (TPSA) is 74.8 Å². The van der Waals surface area contributed by atoms with Crippen molar-refractivity contribution in [2.24, 2.45) is 0 Å². The molecule has 0 aliphatic heterocycles. The summed E-state index contributed by atoms with van der Waals surface area (Å²) >= 11 is 3.10. The van der Waals surface area contributed by atoms with Gasteiger partial charge in [0.2, 0.25) is 0 Å². The van der Waals surface area contributed by atoms with Gasteiger partial charge in [0.25, 0.3) is 5.56 Å². The molecule has 0 unspecified atom stereocenters. The lowest BCUT2D eigenvalue weighted by Crippen LogP contribution is -2.22. The number of thiophene rings is 2. The van der Waals surface area contributed by atoms with Crippen molar-refractivity contribution in [1.29, 1.82) is 0 Å². The molecule has 4 rings (SSSR count). The normalized spacial score (nSPS) is 11.4. The summed E-state index contributed by atoms with van der Waals surface area (Å²) in [6, 6.07) is 4.01. The zero-order valence-corrected chi connectivity index (χ0v) is 14.9. The van der Waals surface area contributed by atoms with E-state index in [1.54, 1.807) is 17.7 Å². The fraction of sp³-hybridized carbons (Fsp3) is 0.250. The zero-order chi connectivity index (χ0) is 16.7. The first-order valence-corrected chi connectivity index (χ1v) is 9.26. The summed E-state index contributed by atoms with van der Waals surface area (Å²) in [7, 11) is 1.95. The first-order valence-electron chi connectivity index (χ1n) is 7.56. The van der Waals surface area contributed by atoms with Gasteiger partial charge in [-0.15, -0.1) is 22.7 Å². The standard InChI is InChI=1S/C16H15N5OS2/c1-3-9-6-10-14(17-8-18-16(10)24-9)21(2)7-12-19-11-4-5-23-13(11)15(22)20-12/h4-6,8H,3,7H2,1-2H3,(H,19,20,22). The van der Waals surface area contributed by atoms with Gasteiger partial charge in [0, 0.05) is 11.9 Å². The van der Waals surface area contributed by atoms with Crippen LogP contribution in [0.3, 0.4) is 0 Å². The predicted molar refractivity (Wildman–Crippen MR) is 99.1 cm³/mol. The van der Waals surface area contributed by atoms with E-state index in [-0.39, 0.29) is 5.56 Å². The minimum absolute atomic E-state index is 0.0879. The van der Waals surface area contributed by atoms with E-state index in [0.29, 0.717) is 17.1 Å². The summed E-state index contributed by atoms with van der Waals surface area (Å²) in [5.41, 5.74) is 0.652. The van der Waals surface area contributed by atoms with E-state index in [1.807, 2.05) is 23.4 Å². The lowest BCUT2D eigenvalue weighted by molar-refractivity contribution is 0.829. The molecule has 0 aliphatic rings. The molecular weight excluding hydrogens is 342 g/mol. The maximum Gasteiger partial charge on any atom is 0.268 e. The Hall–Kier alpha value is -2.32. The SMILES string of the molecule is CCc1cc2c(N(C)Cc3nc4ccsc4c(=O)[nH]3)ncnc2s1. The Morgan fingerprint density at radius 1 is 1.33 bits per heavy atom. The number of hydrogen-bond acceptors (Lipinski definition) is 7. The first-order chi connectivity index (χ1) is 11.7. The second-order valence-corrected chi connectivity index (χ2v) is 7.52. The van der Waals surface area contributed by atoms with Crippen molar-refractivity contribution in [2.75, 3.05) is 11.9 Å². The molecular formula is C16H15N5OS2. The largest absolute Gasteiger partial charge is 0.352 e. The van der Waals surface area contributed by atoms with Gasteiger partial charge in [0.05, 0.1) is 17.4 Å². The van der Waals surface area contributed by atoms with Crippen LogP contribution in [0.1, 0.15) is 17.6 Å². The van der Waals surface area contributed by atoms with E-state index in [2.05, 4.69) is 32.9 Å². The lowest BCUT2D eigenvalue weighted by Gasteiger charge is -2.18. The highest BCUT2D eigenvalue weighted by molar-refractivity contribution is 7.18. The van der Waals surface area contributed by atoms with Crippen molar-refractivity contribution in [2.45, 2.75) is 19.9 Å². The molecule has 4 heterocycles. The highest BCUT2D eigenvalue weighted by atomic mass is 32.1. The number of rotatable bonds is 4. The Morgan fingerprint density at radius 3 is 3.04 bits per heavy atom. The van der Waals surface area contributed by atoms with Gasteiger partial charge >= 0.3 is 0 Å². The van der Waals surface area contributed by atoms with Crippen LogP contribution >= 0.6 is 22.7 Å². The molecule has 0 aliphatic carbocycles. The molecule has 8 heteroatoms. The number of H-pyrrole nitrogens is 1. The van der Waals surface area contributed by atoms with Gasteiger partial charge in [-0.1, -0.05) is 6.92 Å². The number of aromatic nitrogens is 4. The highest BCUT2D eigenvalue weighted by Gasteiger charge is 2.14. The predicted octanol–water partition coefficient (Wildman–Crippen LogP) is 3.19. The van der Waals surface area contributed by atoms with E-state index in [4.69, 9.17) is 0 Å². The second kappa shape index (κ2) is 5.95. The van der Waals surface area contributed by atoms with Crippen molar-refractivity contribution in [1.82, 2.24) is 19.9 Å². The molecule has 0 atom stereocenters. The molecule has 0 aromatic carbocycles. The zero-order valence-electron chi connectivity index (χ0n) is 13.2. The van der Waals surface area contributed by atoms with Crippen molar-refractivity contribution in [3.63, 3.8) is 0 Å². The molecule has 0 radical (unpaired) electrons. The Labute approximate surface area is 145 Å². The van der Waals surface area contributed by atoms with Crippen LogP contribution in [0.15, 0.2) is 28.6 Å². The van der Waals surface area contributed by atoms with E-state index < -0.39 is 0 Å². The molecule has 1 N–H and O–H groups in total. The van der Waals surface area contributed by atoms with E-state index >= 15 is 0 Å². The average molecular weight is 357 g/mol. The third-order valence-electron chi connectivity index (χ3n) is 3.82. The smallest absolute Gasteiger partial charge is 0.268 e. The molecule has 0 saturated heterocycles. The monoisotopic (exact) mass is 357 g/mol. The van der Waals surface area contributed by atoms with Gasteiger partial charge in [-0.05, 0) is 23.9 Å². The summed E-state index contributed by atoms with van der Waals surface area (Å²) in [5, 5.41) is 2.92. The van der Waals surface area contributed by atoms with Crippen molar-refractivity contribution >= 4 is 48.9 Å². The average Bonchev–Trinajstić information content (AvgIpc) is 3.20. The first kappa shape index (κ1) is 15.2. The molecule has 0 bridgehead atoms. The molecule has 0 amide bonds. The summed E-state index contributed by atoms with van der Waals surface area (Å²) in [5.74, 6) is 1.48. The Kier molecular flexibility index (Phi) is 3.78.